The predicted molar refractivity (Wildman–Crippen MR) is 115 cm³/mol. The second-order valence-corrected chi connectivity index (χ2v) is 7.44. The summed E-state index contributed by atoms with van der Waals surface area (Å²) < 4.78 is 42.6. The van der Waals surface area contributed by atoms with Crippen LogP contribution in [0.1, 0.15) is 37.4 Å². The number of rotatable bonds is 9. The summed E-state index contributed by atoms with van der Waals surface area (Å²) in [6, 6.07) is 12.7. The second kappa shape index (κ2) is 10.7. The summed E-state index contributed by atoms with van der Waals surface area (Å²) in [5.74, 6) is -1.82. The summed E-state index contributed by atoms with van der Waals surface area (Å²) in [7, 11) is 0. The van der Waals surface area contributed by atoms with Crippen LogP contribution in [0.25, 0.3) is 0 Å². The number of carbonyl (C=O) groups excluding carboxylic acids is 1. The Morgan fingerprint density at radius 2 is 1.81 bits per heavy atom. The first-order valence-electron chi connectivity index (χ1n) is 10.4. The van der Waals surface area contributed by atoms with Crippen LogP contribution in [0, 0.1) is 17.5 Å². The van der Waals surface area contributed by atoms with E-state index in [0.29, 0.717) is 19.6 Å². The number of hydrogen-bond donors (Lipinski definition) is 1. The van der Waals surface area contributed by atoms with E-state index in [1.807, 2.05) is 29.0 Å². The Morgan fingerprint density at radius 1 is 1.00 bits per heavy atom. The Labute approximate surface area is 180 Å². The predicted octanol–water partition coefficient (Wildman–Crippen LogP) is 6.18. The summed E-state index contributed by atoms with van der Waals surface area (Å²) >= 11 is 0. The van der Waals surface area contributed by atoms with Gasteiger partial charge in [0.2, 0.25) is 0 Å². The molecule has 2 aromatic carbocycles. The molecule has 0 saturated heterocycles. The topological polar surface area (TPSA) is 37.3 Å². The molecule has 1 heterocycles. The van der Waals surface area contributed by atoms with Gasteiger partial charge in [0.05, 0.1) is 12.2 Å². The highest BCUT2D eigenvalue weighted by Gasteiger charge is 2.17. The number of carbonyl (C=O) groups is 1. The summed E-state index contributed by atoms with van der Waals surface area (Å²) in [4.78, 5) is 14.5. The van der Waals surface area contributed by atoms with E-state index in [-0.39, 0.29) is 11.5 Å². The lowest BCUT2D eigenvalue weighted by Crippen LogP contribution is -2.36. The molecule has 0 bridgehead atoms. The summed E-state index contributed by atoms with van der Waals surface area (Å²) in [6.07, 6.45) is 4.64. The number of amides is 2. The third-order valence-corrected chi connectivity index (χ3v) is 5.01. The summed E-state index contributed by atoms with van der Waals surface area (Å²) in [5, 5.41) is 2.54. The van der Waals surface area contributed by atoms with E-state index >= 15 is 0 Å². The zero-order valence-electron chi connectivity index (χ0n) is 17.5. The average molecular weight is 429 g/mol. The van der Waals surface area contributed by atoms with E-state index in [1.54, 1.807) is 11.0 Å². The van der Waals surface area contributed by atoms with E-state index in [0.717, 1.165) is 42.7 Å². The van der Waals surface area contributed by atoms with Crippen LogP contribution in [-0.2, 0) is 13.1 Å². The first kappa shape index (κ1) is 22.5. The molecule has 7 heteroatoms. The SMILES string of the molecule is CCCCCN(Cc1cccn1Cc1cccc(F)c1)C(=O)Nc1ccc(F)cc1F. The molecule has 2 amide bonds. The molecular weight excluding hydrogens is 403 g/mol. The summed E-state index contributed by atoms with van der Waals surface area (Å²) in [6.45, 7) is 3.34. The molecule has 0 aliphatic heterocycles. The van der Waals surface area contributed by atoms with Crippen molar-refractivity contribution in [3.8, 4) is 0 Å². The lowest BCUT2D eigenvalue weighted by atomic mass is 10.2. The Hall–Kier alpha value is -3.22. The molecule has 0 radical (unpaired) electrons. The second-order valence-electron chi connectivity index (χ2n) is 7.44. The zero-order valence-corrected chi connectivity index (χ0v) is 17.5. The first-order chi connectivity index (χ1) is 15.0. The van der Waals surface area contributed by atoms with Crippen molar-refractivity contribution in [3.63, 3.8) is 0 Å². The smallest absolute Gasteiger partial charge is 0.322 e. The molecule has 1 N–H and O–H groups in total. The van der Waals surface area contributed by atoms with E-state index in [4.69, 9.17) is 0 Å². The van der Waals surface area contributed by atoms with Gasteiger partial charge in [0.25, 0.3) is 0 Å². The van der Waals surface area contributed by atoms with Crippen LogP contribution in [-0.4, -0.2) is 22.0 Å². The van der Waals surface area contributed by atoms with Crippen LogP contribution < -0.4 is 5.32 Å². The standard InChI is InChI=1S/C24H26F3N3O/c1-2-3-4-12-30(24(31)28-23-11-10-20(26)15-22(23)27)17-21-9-6-13-29(21)16-18-7-5-8-19(25)14-18/h5-11,13-15H,2-4,12,16-17H2,1H3,(H,28,31). The number of hydrogen-bond acceptors (Lipinski definition) is 1. The molecule has 0 saturated carbocycles. The zero-order chi connectivity index (χ0) is 22.2. The van der Waals surface area contributed by atoms with Crippen molar-refractivity contribution in [1.29, 1.82) is 0 Å². The maximum absolute atomic E-state index is 14.0. The lowest BCUT2D eigenvalue weighted by molar-refractivity contribution is 0.206. The number of aromatic nitrogens is 1. The van der Waals surface area contributed by atoms with Crippen molar-refractivity contribution in [3.05, 3.63) is 89.5 Å². The Kier molecular flexibility index (Phi) is 7.76. The fourth-order valence-corrected chi connectivity index (χ4v) is 3.36. The third-order valence-electron chi connectivity index (χ3n) is 5.01. The molecule has 31 heavy (non-hydrogen) atoms. The van der Waals surface area contributed by atoms with Gasteiger partial charge >= 0.3 is 6.03 Å². The number of urea groups is 1. The minimum atomic E-state index is -0.823. The van der Waals surface area contributed by atoms with Gasteiger partial charge in [-0.3, -0.25) is 0 Å². The van der Waals surface area contributed by atoms with Gasteiger partial charge in [0.1, 0.15) is 17.5 Å². The fraction of sp³-hybridized carbons (Fsp3) is 0.292. The van der Waals surface area contributed by atoms with Gasteiger partial charge in [0, 0.05) is 31.0 Å². The van der Waals surface area contributed by atoms with Gasteiger partial charge in [-0.15, -0.1) is 0 Å². The van der Waals surface area contributed by atoms with Crippen molar-refractivity contribution in [2.45, 2.75) is 39.3 Å². The Bertz CT molecular complexity index is 1020. The van der Waals surface area contributed by atoms with E-state index in [2.05, 4.69) is 12.2 Å². The lowest BCUT2D eigenvalue weighted by Gasteiger charge is -2.24. The molecule has 3 rings (SSSR count). The average Bonchev–Trinajstić information content (AvgIpc) is 3.16. The van der Waals surface area contributed by atoms with Crippen LogP contribution in [0.5, 0.6) is 0 Å². The highest BCUT2D eigenvalue weighted by molar-refractivity contribution is 5.89. The van der Waals surface area contributed by atoms with Gasteiger partial charge in [-0.1, -0.05) is 31.9 Å². The number of nitrogens with one attached hydrogen (secondary N) is 1. The van der Waals surface area contributed by atoms with Crippen LogP contribution in [0.3, 0.4) is 0 Å². The van der Waals surface area contributed by atoms with Gasteiger partial charge in [-0.2, -0.15) is 0 Å². The molecule has 0 aliphatic carbocycles. The monoisotopic (exact) mass is 429 g/mol. The van der Waals surface area contributed by atoms with E-state index in [1.165, 1.54) is 18.2 Å². The van der Waals surface area contributed by atoms with Gasteiger partial charge in [-0.25, -0.2) is 18.0 Å². The third kappa shape index (κ3) is 6.38. The van der Waals surface area contributed by atoms with Gasteiger partial charge in [-0.05, 0) is 48.4 Å². The number of nitrogens with zero attached hydrogens (tertiary/aromatic N) is 2. The quantitative estimate of drug-likeness (QED) is 0.405. The fourth-order valence-electron chi connectivity index (χ4n) is 3.36. The highest BCUT2D eigenvalue weighted by Crippen LogP contribution is 2.18. The van der Waals surface area contributed by atoms with Crippen LogP contribution in [0.15, 0.2) is 60.8 Å². The minimum Gasteiger partial charge on any atom is -0.345 e. The summed E-state index contributed by atoms with van der Waals surface area (Å²) in [5.41, 5.74) is 1.62. The number of unbranched alkanes of at least 4 members (excludes halogenated alkanes) is 2. The molecule has 4 nitrogen and oxygen atoms in total. The maximum Gasteiger partial charge on any atom is 0.322 e. The van der Waals surface area contributed by atoms with Crippen molar-refractivity contribution >= 4 is 11.7 Å². The largest absolute Gasteiger partial charge is 0.345 e. The number of benzene rings is 2. The van der Waals surface area contributed by atoms with Gasteiger partial charge < -0.3 is 14.8 Å². The van der Waals surface area contributed by atoms with Crippen molar-refractivity contribution in [2.24, 2.45) is 0 Å². The van der Waals surface area contributed by atoms with Crippen LogP contribution in [0.2, 0.25) is 0 Å². The van der Waals surface area contributed by atoms with E-state index < -0.39 is 17.7 Å². The molecule has 164 valence electrons. The number of halogens is 3. The van der Waals surface area contributed by atoms with E-state index in [9.17, 15) is 18.0 Å². The molecule has 0 fully saturated rings. The minimum absolute atomic E-state index is 0.0676. The molecule has 0 aliphatic rings. The maximum atomic E-state index is 14.0. The van der Waals surface area contributed by atoms with Crippen molar-refractivity contribution in [1.82, 2.24) is 9.47 Å². The Balaban J connectivity index is 1.75. The first-order valence-corrected chi connectivity index (χ1v) is 10.4. The molecule has 0 unspecified atom stereocenters. The normalized spacial score (nSPS) is 10.8. The molecule has 0 spiro atoms. The van der Waals surface area contributed by atoms with Crippen molar-refractivity contribution < 1.29 is 18.0 Å². The van der Waals surface area contributed by atoms with Crippen LogP contribution >= 0.6 is 0 Å². The highest BCUT2D eigenvalue weighted by atomic mass is 19.1. The molecule has 3 aromatic rings. The van der Waals surface area contributed by atoms with Crippen LogP contribution in [0.4, 0.5) is 23.7 Å². The number of anilines is 1. The molecular formula is C24H26F3N3O. The Morgan fingerprint density at radius 3 is 2.55 bits per heavy atom. The van der Waals surface area contributed by atoms with Crippen molar-refractivity contribution in [2.75, 3.05) is 11.9 Å². The molecule has 1 aromatic heterocycles. The van der Waals surface area contributed by atoms with Gasteiger partial charge in [0.15, 0.2) is 0 Å². The molecule has 0 atom stereocenters.